The van der Waals surface area contributed by atoms with Gasteiger partial charge in [-0.05, 0) is 36.8 Å². The molecule has 1 N–H and O–H groups in total. The highest BCUT2D eigenvalue weighted by Gasteiger charge is 2.10. The first kappa shape index (κ1) is 11.9. The third-order valence-electron chi connectivity index (χ3n) is 2.53. The lowest BCUT2D eigenvalue weighted by Crippen LogP contribution is -2.08. The average molecular weight is 251 g/mol. The zero-order valence-electron chi connectivity index (χ0n) is 9.32. The van der Waals surface area contributed by atoms with Crippen LogP contribution in [0.3, 0.4) is 0 Å². The van der Waals surface area contributed by atoms with Crippen molar-refractivity contribution >= 4 is 17.3 Å². The average Bonchev–Trinajstić information content (AvgIpc) is 2.36. The molecule has 0 fully saturated rings. The smallest absolute Gasteiger partial charge is 0.164 e. The second kappa shape index (κ2) is 5.15. The summed E-state index contributed by atoms with van der Waals surface area (Å²) in [6.45, 7) is 1.95. The van der Waals surface area contributed by atoms with Crippen LogP contribution in [0.1, 0.15) is 18.5 Å². The number of rotatable bonds is 3. The Morgan fingerprint density at radius 3 is 2.65 bits per heavy atom. The van der Waals surface area contributed by atoms with Gasteiger partial charge >= 0.3 is 0 Å². The van der Waals surface area contributed by atoms with Gasteiger partial charge in [-0.25, -0.2) is 4.39 Å². The number of aromatic nitrogens is 1. The lowest BCUT2D eigenvalue weighted by atomic mass is 10.1. The number of nitrogens with zero attached hydrogens (tertiary/aromatic N) is 1. The van der Waals surface area contributed by atoms with E-state index < -0.39 is 5.82 Å². The van der Waals surface area contributed by atoms with E-state index in [1.54, 1.807) is 24.5 Å². The Bertz CT molecular complexity index is 502. The van der Waals surface area contributed by atoms with Gasteiger partial charge in [-0.2, -0.15) is 0 Å². The third kappa shape index (κ3) is 2.74. The Morgan fingerprint density at radius 1 is 1.24 bits per heavy atom. The number of hydrogen-bond donors (Lipinski definition) is 1. The molecule has 1 aromatic carbocycles. The molecule has 0 amide bonds. The second-order valence-corrected chi connectivity index (χ2v) is 4.16. The second-order valence-electron chi connectivity index (χ2n) is 3.75. The Balaban J connectivity index is 2.19. The minimum atomic E-state index is -0.421. The molecule has 1 atom stereocenters. The van der Waals surface area contributed by atoms with Crippen LogP contribution in [0.15, 0.2) is 42.7 Å². The van der Waals surface area contributed by atoms with Crippen LogP contribution in [-0.4, -0.2) is 4.98 Å². The minimum absolute atomic E-state index is 0.00836. The van der Waals surface area contributed by atoms with E-state index >= 15 is 0 Å². The van der Waals surface area contributed by atoms with Crippen molar-refractivity contribution in [3.05, 3.63) is 59.1 Å². The molecule has 1 heterocycles. The van der Waals surface area contributed by atoms with Crippen LogP contribution in [0.2, 0.25) is 5.02 Å². The Hall–Kier alpha value is -1.61. The Kier molecular flexibility index (Phi) is 3.59. The zero-order valence-corrected chi connectivity index (χ0v) is 10.1. The van der Waals surface area contributed by atoms with Crippen LogP contribution in [-0.2, 0) is 0 Å². The van der Waals surface area contributed by atoms with Crippen LogP contribution in [0, 0.1) is 5.82 Å². The maximum atomic E-state index is 13.7. The molecule has 0 spiro atoms. The molecule has 4 heteroatoms. The van der Waals surface area contributed by atoms with Crippen LogP contribution in [0.25, 0.3) is 0 Å². The lowest BCUT2D eigenvalue weighted by Gasteiger charge is -2.16. The van der Waals surface area contributed by atoms with Crippen molar-refractivity contribution < 1.29 is 4.39 Å². The van der Waals surface area contributed by atoms with Gasteiger partial charge in [0.2, 0.25) is 0 Å². The van der Waals surface area contributed by atoms with Gasteiger partial charge in [0.15, 0.2) is 5.82 Å². The van der Waals surface area contributed by atoms with Crippen LogP contribution in [0.4, 0.5) is 10.1 Å². The van der Waals surface area contributed by atoms with Gasteiger partial charge in [-0.15, -0.1) is 0 Å². The highest BCUT2D eigenvalue weighted by atomic mass is 35.5. The van der Waals surface area contributed by atoms with Crippen molar-refractivity contribution in [3.63, 3.8) is 0 Å². The fourth-order valence-corrected chi connectivity index (χ4v) is 1.76. The van der Waals surface area contributed by atoms with Crippen molar-refractivity contribution in [2.45, 2.75) is 13.0 Å². The molecule has 0 radical (unpaired) electrons. The fourth-order valence-electron chi connectivity index (χ4n) is 1.58. The summed E-state index contributed by atoms with van der Waals surface area (Å²) in [7, 11) is 0. The summed E-state index contributed by atoms with van der Waals surface area (Å²) in [6.07, 6.45) is 3.42. The Morgan fingerprint density at radius 2 is 1.94 bits per heavy atom. The summed E-state index contributed by atoms with van der Waals surface area (Å²) >= 11 is 5.72. The van der Waals surface area contributed by atoms with Gasteiger partial charge in [0.05, 0.1) is 10.7 Å². The predicted molar refractivity (Wildman–Crippen MR) is 67.7 cm³/mol. The third-order valence-corrected chi connectivity index (χ3v) is 2.82. The SMILES string of the molecule is CC(Nc1cccc(Cl)c1F)c1ccncc1. The number of hydrogen-bond acceptors (Lipinski definition) is 2. The minimum Gasteiger partial charge on any atom is -0.376 e. The summed E-state index contributed by atoms with van der Waals surface area (Å²) < 4.78 is 13.7. The van der Waals surface area contributed by atoms with E-state index in [0.717, 1.165) is 5.56 Å². The highest BCUT2D eigenvalue weighted by Crippen LogP contribution is 2.25. The molecule has 2 aromatic rings. The number of anilines is 1. The lowest BCUT2D eigenvalue weighted by molar-refractivity contribution is 0.628. The van der Waals surface area contributed by atoms with Gasteiger partial charge in [0.25, 0.3) is 0 Å². The van der Waals surface area contributed by atoms with E-state index in [1.807, 2.05) is 19.1 Å². The monoisotopic (exact) mass is 250 g/mol. The molecule has 0 saturated carbocycles. The van der Waals surface area contributed by atoms with E-state index in [1.165, 1.54) is 6.07 Å². The van der Waals surface area contributed by atoms with Gasteiger partial charge in [-0.3, -0.25) is 4.98 Å². The van der Waals surface area contributed by atoms with Crippen molar-refractivity contribution in [2.75, 3.05) is 5.32 Å². The van der Waals surface area contributed by atoms with Crippen LogP contribution in [0.5, 0.6) is 0 Å². The van der Waals surface area contributed by atoms with Crippen LogP contribution >= 0.6 is 11.6 Å². The van der Waals surface area contributed by atoms with Gasteiger partial charge in [-0.1, -0.05) is 17.7 Å². The topological polar surface area (TPSA) is 24.9 Å². The molecule has 17 heavy (non-hydrogen) atoms. The summed E-state index contributed by atoms with van der Waals surface area (Å²) in [4.78, 5) is 3.94. The molecule has 0 bridgehead atoms. The molecular weight excluding hydrogens is 239 g/mol. The van der Waals surface area contributed by atoms with Crippen molar-refractivity contribution in [2.24, 2.45) is 0 Å². The maximum absolute atomic E-state index is 13.7. The summed E-state index contributed by atoms with van der Waals surface area (Å²) in [6, 6.07) is 8.68. The van der Waals surface area contributed by atoms with Gasteiger partial charge in [0.1, 0.15) is 0 Å². The summed E-state index contributed by atoms with van der Waals surface area (Å²) in [5.41, 5.74) is 1.45. The molecule has 0 aliphatic rings. The zero-order chi connectivity index (χ0) is 12.3. The van der Waals surface area contributed by atoms with E-state index in [-0.39, 0.29) is 11.1 Å². The summed E-state index contributed by atoms with van der Waals surface area (Å²) in [5, 5.41) is 3.20. The first-order chi connectivity index (χ1) is 8.18. The largest absolute Gasteiger partial charge is 0.376 e. The molecule has 0 aliphatic carbocycles. The molecule has 2 nitrogen and oxygen atoms in total. The number of benzene rings is 1. The highest BCUT2D eigenvalue weighted by molar-refractivity contribution is 6.31. The normalized spacial score (nSPS) is 12.2. The van der Waals surface area contributed by atoms with E-state index in [2.05, 4.69) is 10.3 Å². The van der Waals surface area contributed by atoms with Crippen molar-refractivity contribution in [1.29, 1.82) is 0 Å². The van der Waals surface area contributed by atoms with Crippen LogP contribution < -0.4 is 5.32 Å². The molecule has 2 rings (SSSR count). The number of halogens is 2. The molecule has 1 unspecified atom stereocenters. The fraction of sp³-hybridized carbons (Fsp3) is 0.154. The predicted octanol–water partition coefficient (Wildman–Crippen LogP) is 4.05. The standard InChI is InChI=1S/C13H12ClFN2/c1-9(10-5-7-16-8-6-10)17-12-4-2-3-11(14)13(12)15/h2-9,17H,1H3. The Labute approximate surface area is 104 Å². The van der Waals surface area contributed by atoms with Gasteiger partial charge < -0.3 is 5.32 Å². The van der Waals surface area contributed by atoms with E-state index in [4.69, 9.17) is 11.6 Å². The van der Waals surface area contributed by atoms with Crippen molar-refractivity contribution in [3.8, 4) is 0 Å². The molecule has 0 aliphatic heterocycles. The maximum Gasteiger partial charge on any atom is 0.164 e. The van der Waals surface area contributed by atoms with E-state index in [0.29, 0.717) is 5.69 Å². The van der Waals surface area contributed by atoms with Crippen molar-refractivity contribution in [1.82, 2.24) is 4.98 Å². The first-order valence-corrected chi connectivity index (χ1v) is 5.67. The molecule has 88 valence electrons. The number of pyridine rings is 1. The summed E-state index contributed by atoms with van der Waals surface area (Å²) in [5.74, 6) is -0.421. The van der Waals surface area contributed by atoms with E-state index in [9.17, 15) is 4.39 Å². The quantitative estimate of drug-likeness (QED) is 0.889. The number of nitrogens with one attached hydrogen (secondary N) is 1. The molecule has 1 aromatic heterocycles. The first-order valence-electron chi connectivity index (χ1n) is 5.29. The molecular formula is C13H12ClFN2. The van der Waals surface area contributed by atoms with Gasteiger partial charge in [0, 0.05) is 18.4 Å². The molecule has 0 saturated heterocycles.